The first-order valence-corrected chi connectivity index (χ1v) is 43.6. The second kappa shape index (κ2) is 49.5. The molecule has 11 saturated heterocycles. The van der Waals surface area contributed by atoms with Gasteiger partial charge in [-0.15, -0.1) is 0 Å². The average Bonchev–Trinajstić information content (AvgIpc) is 0.750. The van der Waals surface area contributed by atoms with Gasteiger partial charge in [0.05, 0.1) is 72.7 Å². The normalized spacial score (nSPS) is 48.9. The highest BCUT2D eigenvalue weighted by atomic mass is 16.8. The SMILES string of the molecule is CC(=O)N[C@@H]1[C@@H](O)[C@H](O[C@@H]2O[C@H](CO)[C@@H](O[C@@H]3O[C@H](CO[C@H]4O[C@H](CO[C@@H]5O[C@H](CO)[C@@H](O[C@@H]6O[C@H](CO)[C@H](O)[C@H](O)[C@H]6O)[C@H](O)[C@H]5NC(C)=O)[C@@H](O)[C@H](O)[C@@H]4O)[C@@H](O)[C@H](O[C@H]4O[C@H](CO)[C@@H](O[C@@H]5O[C@H](CO)[C@@H](O[C@@H]6O[C@H](CO)[C@H](O)[C@H](O)[C@H]6O)[C@H](O)[C@H]5NC(C)=O)[C@H](O)[C@@H]4O[C@@H]4O[C@H](CO)[C@@H](O[C@@H]5O[C@H](CO)[C@H](O)[C@H](O)[C@H]5O)[C@H](O)[C@H]4NC(C)=O)[C@@H]3O)[C@H](O)[C@H]2NC(C)=O)[C@@H](CO)O[C@H]1O. The summed E-state index contributed by atoms with van der Waals surface area (Å²) in [5.74, 6) is -4.78. The van der Waals surface area contributed by atoms with Crippen LogP contribution in [-0.4, -0.2) is 593 Å². The lowest BCUT2D eigenvalue weighted by molar-refractivity contribution is -0.406. The molecule has 61 heteroatoms. The molecule has 0 aliphatic carbocycles. The van der Waals surface area contributed by atoms with Crippen molar-refractivity contribution in [2.45, 2.75) is 372 Å². The van der Waals surface area contributed by atoms with E-state index in [2.05, 4.69) is 26.6 Å². The van der Waals surface area contributed by atoms with Gasteiger partial charge in [0.2, 0.25) is 29.5 Å². The van der Waals surface area contributed by atoms with E-state index in [0.29, 0.717) is 0 Å². The minimum Gasteiger partial charge on any atom is -0.394 e. The lowest BCUT2D eigenvalue weighted by Gasteiger charge is -2.52. The van der Waals surface area contributed by atoms with Crippen molar-refractivity contribution in [1.82, 2.24) is 26.6 Å². The number of nitrogens with one attached hydrogen (secondary N) is 5. The highest BCUT2D eigenvalue weighted by Crippen LogP contribution is 2.42. The van der Waals surface area contributed by atoms with E-state index >= 15 is 0 Å². The number of ether oxygens (including phenoxy) is 21. The van der Waals surface area contributed by atoms with Crippen LogP contribution >= 0.6 is 0 Å². The molecule has 137 heavy (non-hydrogen) atoms. The number of rotatable bonds is 36. The van der Waals surface area contributed by atoms with E-state index in [4.69, 9.17) is 99.5 Å². The summed E-state index contributed by atoms with van der Waals surface area (Å²) in [6, 6.07) is -9.65. The third-order valence-electron chi connectivity index (χ3n) is 25.0. The van der Waals surface area contributed by atoms with Crippen LogP contribution in [0.25, 0.3) is 0 Å². The van der Waals surface area contributed by atoms with E-state index in [-0.39, 0.29) is 0 Å². The van der Waals surface area contributed by atoms with Crippen molar-refractivity contribution in [1.29, 1.82) is 0 Å². The summed E-state index contributed by atoms with van der Waals surface area (Å²) in [5, 5.41) is 349. The van der Waals surface area contributed by atoms with Crippen molar-refractivity contribution in [3.05, 3.63) is 0 Å². The molecule has 0 aromatic rings. The molecule has 35 N–H and O–H groups in total. The lowest BCUT2D eigenvalue weighted by Crippen LogP contribution is -2.71. The van der Waals surface area contributed by atoms with E-state index in [9.17, 15) is 177 Å². The molecule has 11 heterocycles. The Kier molecular flexibility index (Phi) is 40.7. The monoisotopic (exact) mass is 2010 g/mol. The maximum atomic E-state index is 13.4. The molecule has 0 bridgehead atoms. The highest BCUT2D eigenvalue weighted by molar-refractivity contribution is 5.75. The van der Waals surface area contributed by atoms with Gasteiger partial charge >= 0.3 is 0 Å². The van der Waals surface area contributed by atoms with Crippen LogP contribution in [0.2, 0.25) is 0 Å². The first kappa shape index (κ1) is 113. The number of hydrogen-bond donors (Lipinski definition) is 35. The van der Waals surface area contributed by atoms with Gasteiger partial charge in [-0.25, -0.2) is 0 Å². The number of carbonyl (C=O) groups excluding carboxylic acids is 5. The molecule has 5 amide bonds. The Hall–Kier alpha value is -4.69. The number of aliphatic hydroxyl groups excluding tert-OH is 30. The maximum Gasteiger partial charge on any atom is 0.217 e. The Morgan fingerprint density at radius 1 is 0.190 bits per heavy atom. The largest absolute Gasteiger partial charge is 0.394 e. The van der Waals surface area contributed by atoms with E-state index in [1.807, 2.05) is 0 Å². The zero-order chi connectivity index (χ0) is 101. The summed E-state index contributed by atoms with van der Waals surface area (Å²) in [6.07, 6.45) is -107. The zero-order valence-corrected chi connectivity index (χ0v) is 73.6. The quantitative estimate of drug-likeness (QED) is 0.0277. The number of aliphatic hydroxyl groups is 30. The van der Waals surface area contributed by atoms with Crippen molar-refractivity contribution >= 4 is 29.5 Å². The fourth-order valence-corrected chi connectivity index (χ4v) is 17.8. The van der Waals surface area contributed by atoms with Gasteiger partial charge in [-0.1, -0.05) is 0 Å². The van der Waals surface area contributed by atoms with Gasteiger partial charge in [-0.05, 0) is 0 Å². The van der Waals surface area contributed by atoms with Crippen LogP contribution in [0.4, 0.5) is 0 Å². The molecule has 0 saturated carbocycles. The molecule has 11 rings (SSSR count). The van der Waals surface area contributed by atoms with Crippen molar-refractivity contribution < 1.29 is 277 Å². The Morgan fingerprint density at radius 3 is 0.730 bits per heavy atom. The molecule has 11 fully saturated rings. The number of hydrogen-bond acceptors (Lipinski definition) is 56. The highest BCUT2D eigenvalue weighted by Gasteiger charge is 2.63. The fourth-order valence-electron chi connectivity index (χ4n) is 17.8. The third kappa shape index (κ3) is 25.2. The Bertz CT molecular complexity index is 3780. The van der Waals surface area contributed by atoms with Gasteiger partial charge in [0, 0.05) is 34.6 Å². The summed E-state index contributed by atoms with van der Waals surface area (Å²) in [4.78, 5) is 64.8. The smallest absolute Gasteiger partial charge is 0.217 e. The van der Waals surface area contributed by atoms with E-state index in [1.54, 1.807) is 0 Å². The second-order valence-electron chi connectivity index (χ2n) is 34.6. The van der Waals surface area contributed by atoms with E-state index in [1.165, 1.54) is 0 Å². The van der Waals surface area contributed by atoms with Crippen LogP contribution in [0.3, 0.4) is 0 Å². The van der Waals surface area contributed by atoms with Crippen LogP contribution in [0.15, 0.2) is 0 Å². The summed E-state index contributed by atoms with van der Waals surface area (Å²) in [5.41, 5.74) is 0. The number of amides is 5. The van der Waals surface area contributed by atoms with Gasteiger partial charge in [0.25, 0.3) is 0 Å². The molecular formula is C76H127N5O56. The summed E-state index contributed by atoms with van der Waals surface area (Å²) >= 11 is 0. The Balaban J connectivity index is 0.947. The molecule has 0 spiro atoms. The molecule has 0 radical (unpaired) electrons. The average molecular weight is 2010 g/mol. The molecule has 55 atom stereocenters. The van der Waals surface area contributed by atoms with Gasteiger partial charge in [-0.2, -0.15) is 0 Å². The molecule has 792 valence electrons. The predicted molar refractivity (Wildman–Crippen MR) is 420 cm³/mol. The maximum absolute atomic E-state index is 13.4. The van der Waals surface area contributed by atoms with Gasteiger partial charge < -0.3 is 279 Å². The summed E-state index contributed by atoms with van der Waals surface area (Å²) < 4.78 is 125. The van der Waals surface area contributed by atoms with E-state index < -0.39 is 440 Å². The molecular weight excluding hydrogens is 1880 g/mol. The molecule has 11 aliphatic rings. The van der Waals surface area contributed by atoms with E-state index in [0.717, 1.165) is 34.6 Å². The first-order chi connectivity index (χ1) is 64.8. The summed E-state index contributed by atoms with van der Waals surface area (Å²) in [7, 11) is 0. The Labute approximate surface area is 775 Å². The van der Waals surface area contributed by atoms with Crippen molar-refractivity contribution in [2.24, 2.45) is 0 Å². The molecule has 0 aromatic carbocycles. The first-order valence-electron chi connectivity index (χ1n) is 43.6. The van der Waals surface area contributed by atoms with Crippen LogP contribution < -0.4 is 26.6 Å². The molecule has 11 aliphatic heterocycles. The minimum atomic E-state index is -2.72. The Morgan fingerprint density at radius 2 is 0.401 bits per heavy atom. The van der Waals surface area contributed by atoms with Crippen LogP contribution in [0.1, 0.15) is 34.6 Å². The van der Waals surface area contributed by atoms with Crippen molar-refractivity contribution in [3.8, 4) is 0 Å². The topological polar surface area (TPSA) is 946 Å². The molecule has 61 nitrogen and oxygen atoms in total. The van der Waals surface area contributed by atoms with Gasteiger partial charge in [-0.3, -0.25) is 24.0 Å². The number of carbonyl (C=O) groups is 5. The standard InChI is InChI=1S/C76H127N5O56/c1-17(91)77-33-43(101)58(25(9-85)119-66(33)116)130-68-35(79-19(3)93)46(104)62(29(13-89)124-68)135-75-57(115)64(42(100)32(129-75)16-118-71-52(110)51(109)41(99)31(128-71)15-117-67-34(78-18(2)92)44(102)59(26(10-86)123-67)132-72-53(111)48(106)38(96)22(6-82)120-72)136-76-65(137-70-37(81-21(5)95)47(105)61(28(12-88)126-70)134-74-55(113)50(108)40(98)24(8-84)122-74)56(114)63(30(14-90)127-76)131-69-36(80-20(4)94)45(103)60(27(11-87)125-69)133-73-54(112)49(107)39(97)23(7-83)121-73/h22-76,82-90,96-116H,6-16H2,1-5H3,(H,77,91)(H,78,92)(H,79,93)(H,80,94)(H,81,95)/t22-,23-,24-,25-,26-,27-,28-,29-,30-,31-,32-,33-,34-,35-,36-,37-,38+,39+,40+,41-,42-,43-,44-,45-,46-,47-,48+,49+,50+,51+,52+,53-,54-,55-,56+,57+,58-,59-,60-,61-,62-,63-,64+,65+,66-,67-,68+,69+,70+,71+,72+,73+,74+,75+,76-/m1/s1. The van der Waals surface area contributed by atoms with Crippen LogP contribution in [0.5, 0.6) is 0 Å². The minimum absolute atomic E-state index is 0.824. The second-order valence-corrected chi connectivity index (χ2v) is 34.6. The lowest BCUT2D eigenvalue weighted by atomic mass is 9.93. The van der Waals surface area contributed by atoms with Crippen molar-refractivity contribution in [2.75, 3.05) is 72.7 Å². The predicted octanol–water partition coefficient (Wildman–Crippen LogP) is -24.3. The molecule has 0 aromatic heterocycles. The van der Waals surface area contributed by atoms with Gasteiger partial charge in [0.15, 0.2) is 69.2 Å². The fraction of sp³-hybridized carbons (Fsp3) is 0.934. The van der Waals surface area contributed by atoms with Crippen LogP contribution in [-0.2, 0) is 123 Å². The zero-order valence-electron chi connectivity index (χ0n) is 73.6. The van der Waals surface area contributed by atoms with Crippen LogP contribution in [0, 0.1) is 0 Å². The molecule has 0 unspecified atom stereocenters. The third-order valence-corrected chi connectivity index (χ3v) is 25.0. The van der Waals surface area contributed by atoms with Crippen molar-refractivity contribution in [3.63, 3.8) is 0 Å². The van der Waals surface area contributed by atoms with Gasteiger partial charge in [0.1, 0.15) is 268 Å². The summed E-state index contributed by atoms with van der Waals surface area (Å²) in [6.45, 7) is -7.88.